The summed E-state index contributed by atoms with van der Waals surface area (Å²) in [6, 6.07) is 8.11. The van der Waals surface area contributed by atoms with Gasteiger partial charge in [-0.15, -0.1) is 24.0 Å². The number of aromatic hydroxyl groups is 1. The molecule has 0 radical (unpaired) electrons. The number of ether oxygens (including phenoxy) is 4. The van der Waals surface area contributed by atoms with Gasteiger partial charge in [-0.05, 0) is 19.1 Å². The van der Waals surface area contributed by atoms with Crippen LogP contribution in [-0.2, 0) is 13.1 Å². The van der Waals surface area contributed by atoms with Crippen molar-refractivity contribution in [1.82, 2.24) is 10.6 Å². The molecule has 0 fully saturated rings. The number of guanidine groups is 1. The van der Waals surface area contributed by atoms with Gasteiger partial charge < -0.3 is 34.7 Å². The number of halogens is 3. The summed E-state index contributed by atoms with van der Waals surface area (Å²) in [4.78, 5) is 4.42. The van der Waals surface area contributed by atoms with Crippen LogP contribution in [0.1, 0.15) is 18.1 Å². The number of benzene rings is 2. The third-order valence-corrected chi connectivity index (χ3v) is 4.27. The van der Waals surface area contributed by atoms with Gasteiger partial charge in [-0.25, -0.2) is 4.99 Å². The van der Waals surface area contributed by atoms with Crippen LogP contribution in [0, 0.1) is 0 Å². The summed E-state index contributed by atoms with van der Waals surface area (Å²) in [5.41, 5.74) is 1.03. The number of nitrogens with zero attached hydrogens (tertiary/aromatic N) is 1. The quantitative estimate of drug-likeness (QED) is 0.262. The number of fused-ring (bicyclic) bond motifs is 1. The van der Waals surface area contributed by atoms with Crippen LogP contribution in [-0.4, -0.2) is 38.1 Å². The van der Waals surface area contributed by atoms with Crippen molar-refractivity contribution in [2.75, 3.05) is 20.4 Å². The summed E-state index contributed by atoms with van der Waals surface area (Å²) in [7, 11) is 1.47. The standard InChI is InChI=1S/C20H23F2N3O5.HI/c1-3-23-20(24-9-12-5-4-6-14(27-2)18(12)26)25-10-13-7-16-17(29-11-28-16)8-15(13)30-19(21)22;/h4-8,19,26H,3,9-11H2,1-2H3,(H2,23,24,25);1H. The Hall–Kier alpha value is -2.70. The van der Waals surface area contributed by atoms with Gasteiger partial charge in [-0.2, -0.15) is 8.78 Å². The number of alkyl halides is 2. The van der Waals surface area contributed by atoms with E-state index in [1.807, 2.05) is 6.92 Å². The fourth-order valence-corrected chi connectivity index (χ4v) is 2.85. The van der Waals surface area contributed by atoms with Crippen molar-refractivity contribution >= 4 is 29.9 Å². The Morgan fingerprint density at radius 2 is 1.90 bits per heavy atom. The van der Waals surface area contributed by atoms with E-state index in [1.165, 1.54) is 13.2 Å². The molecule has 1 aliphatic rings. The minimum atomic E-state index is -2.98. The molecule has 2 aromatic carbocycles. The Morgan fingerprint density at radius 1 is 1.16 bits per heavy atom. The van der Waals surface area contributed by atoms with Crippen molar-refractivity contribution in [1.29, 1.82) is 0 Å². The lowest BCUT2D eigenvalue weighted by atomic mass is 10.1. The SMILES string of the molecule is CCNC(=NCc1cc2c(cc1OC(F)F)OCO2)NCc1cccc(OC)c1O.I. The molecule has 2 aromatic rings. The summed E-state index contributed by atoms with van der Waals surface area (Å²) in [6.07, 6.45) is 0. The van der Waals surface area contributed by atoms with Gasteiger partial charge in [0.15, 0.2) is 29.0 Å². The average Bonchev–Trinajstić information content (AvgIpc) is 3.17. The van der Waals surface area contributed by atoms with Crippen LogP contribution in [0.15, 0.2) is 35.3 Å². The summed E-state index contributed by atoms with van der Waals surface area (Å²) < 4.78 is 45.8. The van der Waals surface area contributed by atoms with E-state index in [4.69, 9.17) is 14.2 Å². The Morgan fingerprint density at radius 3 is 2.58 bits per heavy atom. The lowest BCUT2D eigenvalue weighted by Crippen LogP contribution is -2.36. The van der Waals surface area contributed by atoms with Crippen LogP contribution in [0.25, 0.3) is 0 Å². The minimum Gasteiger partial charge on any atom is -0.504 e. The number of hydrogen-bond acceptors (Lipinski definition) is 6. The van der Waals surface area contributed by atoms with Crippen molar-refractivity contribution in [2.45, 2.75) is 26.6 Å². The van der Waals surface area contributed by atoms with Crippen molar-refractivity contribution in [3.05, 3.63) is 41.5 Å². The van der Waals surface area contributed by atoms with E-state index in [2.05, 4.69) is 20.4 Å². The van der Waals surface area contributed by atoms with Crippen molar-refractivity contribution in [3.63, 3.8) is 0 Å². The van der Waals surface area contributed by atoms with Gasteiger partial charge in [0.25, 0.3) is 0 Å². The van der Waals surface area contributed by atoms with Crippen molar-refractivity contribution < 1.29 is 32.8 Å². The molecule has 11 heteroatoms. The van der Waals surface area contributed by atoms with Crippen molar-refractivity contribution in [2.24, 2.45) is 4.99 Å². The largest absolute Gasteiger partial charge is 0.504 e. The van der Waals surface area contributed by atoms with Crippen molar-refractivity contribution in [3.8, 4) is 28.7 Å². The number of phenols is 1. The smallest absolute Gasteiger partial charge is 0.387 e. The number of rotatable bonds is 8. The summed E-state index contributed by atoms with van der Waals surface area (Å²) in [5.74, 6) is 1.59. The molecule has 0 spiro atoms. The van der Waals surface area contributed by atoms with Gasteiger partial charge in [-0.1, -0.05) is 12.1 Å². The number of para-hydroxylation sites is 1. The van der Waals surface area contributed by atoms with Crippen LogP contribution in [0.4, 0.5) is 8.78 Å². The normalized spacial score (nSPS) is 12.4. The molecule has 1 aliphatic heterocycles. The zero-order valence-corrected chi connectivity index (χ0v) is 19.3. The second-order valence-corrected chi connectivity index (χ2v) is 6.21. The summed E-state index contributed by atoms with van der Waals surface area (Å²) in [6.45, 7) is -0.154. The Balaban J connectivity index is 0.00000341. The Bertz CT molecular complexity index is 915. The molecule has 1 heterocycles. The zero-order valence-electron chi connectivity index (χ0n) is 17.0. The number of phenolic OH excluding ortho intramolecular Hbond substituents is 1. The molecule has 8 nitrogen and oxygen atoms in total. The van der Waals surface area contributed by atoms with Gasteiger partial charge in [0.1, 0.15) is 5.75 Å². The molecule has 0 saturated carbocycles. The van der Waals surface area contributed by atoms with Gasteiger partial charge in [-0.3, -0.25) is 0 Å². The fraction of sp³-hybridized carbons (Fsp3) is 0.350. The molecule has 0 bridgehead atoms. The van der Waals surface area contributed by atoms with Crippen LogP contribution in [0.2, 0.25) is 0 Å². The highest BCUT2D eigenvalue weighted by Gasteiger charge is 2.20. The molecular weight excluding hydrogens is 527 g/mol. The maximum Gasteiger partial charge on any atom is 0.387 e. The van der Waals surface area contributed by atoms with Crippen LogP contribution < -0.4 is 29.6 Å². The lowest BCUT2D eigenvalue weighted by Gasteiger charge is -2.14. The highest BCUT2D eigenvalue weighted by molar-refractivity contribution is 14.0. The maximum absolute atomic E-state index is 12.8. The third kappa shape index (κ3) is 6.39. The third-order valence-electron chi connectivity index (χ3n) is 4.27. The topological polar surface area (TPSA) is 93.6 Å². The van der Waals surface area contributed by atoms with E-state index in [9.17, 15) is 13.9 Å². The van der Waals surface area contributed by atoms with Gasteiger partial charge >= 0.3 is 6.61 Å². The summed E-state index contributed by atoms with van der Waals surface area (Å²) >= 11 is 0. The number of nitrogens with one attached hydrogen (secondary N) is 2. The zero-order chi connectivity index (χ0) is 21.5. The number of methoxy groups -OCH3 is 1. The molecular formula is C20H24F2IN3O5. The highest BCUT2D eigenvalue weighted by atomic mass is 127. The second kappa shape index (κ2) is 11.6. The van der Waals surface area contributed by atoms with E-state index in [0.29, 0.717) is 40.9 Å². The van der Waals surface area contributed by atoms with E-state index >= 15 is 0 Å². The fourth-order valence-electron chi connectivity index (χ4n) is 2.85. The van der Waals surface area contributed by atoms with Gasteiger partial charge in [0.2, 0.25) is 6.79 Å². The number of aliphatic imine (C=N–C) groups is 1. The average molecular weight is 551 g/mol. The lowest BCUT2D eigenvalue weighted by molar-refractivity contribution is -0.0505. The predicted molar refractivity (Wildman–Crippen MR) is 121 cm³/mol. The summed E-state index contributed by atoms with van der Waals surface area (Å²) in [5, 5.41) is 16.4. The first-order valence-corrected chi connectivity index (χ1v) is 9.26. The molecule has 0 unspecified atom stereocenters. The van der Waals surface area contributed by atoms with E-state index in [0.717, 1.165) is 0 Å². The monoisotopic (exact) mass is 551 g/mol. The minimum absolute atomic E-state index is 0. The van der Waals surface area contributed by atoms with Crippen LogP contribution in [0.5, 0.6) is 28.7 Å². The molecule has 0 aromatic heterocycles. The second-order valence-electron chi connectivity index (χ2n) is 6.21. The molecule has 0 saturated heterocycles. The van der Waals surface area contributed by atoms with Crippen LogP contribution >= 0.6 is 24.0 Å². The number of hydrogen-bond donors (Lipinski definition) is 3. The highest BCUT2D eigenvalue weighted by Crippen LogP contribution is 2.39. The first kappa shape index (κ1) is 24.6. The molecule has 0 atom stereocenters. The first-order chi connectivity index (χ1) is 14.5. The van der Waals surface area contributed by atoms with E-state index in [1.54, 1.807) is 24.3 Å². The molecule has 31 heavy (non-hydrogen) atoms. The Kier molecular flexibility index (Phi) is 9.21. The molecule has 170 valence electrons. The van der Waals surface area contributed by atoms with E-state index < -0.39 is 6.61 Å². The molecule has 0 amide bonds. The molecule has 3 rings (SSSR count). The predicted octanol–water partition coefficient (Wildman–Crippen LogP) is 3.60. The molecule has 0 aliphatic carbocycles. The van der Waals surface area contributed by atoms with Gasteiger partial charge in [0.05, 0.1) is 13.7 Å². The first-order valence-electron chi connectivity index (χ1n) is 9.26. The Labute approximate surface area is 195 Å². The maximum atomic E-state index is 12.8. The van der Waals surface area contributed by atoms with Gasteiger partial charge in [0, 0.05) is 30.3 Å². The van der Waals surface area contributed by atoms with E-state index in [-0.39, 0.29) is 55.4 Å². The van der Waals surface area contributed by atoms with Crippen LogP contribution in [0.3, 0.4) is 0 Å². The molecule has 3 N–H and O–H groups in total.